The Balaban J connectivity index is 1.32. The maximum Gasteiger partial charge on any atom is 0.226 e. The van der Waals surface area contributed by atoms with Crippen molar-refractivity contribution in [3.63, 3.8) is 0 Å². The van der Waals surface area contributed by atoms with Gasteiger partial charge in [0.15, 0.2) is 11.6 Å². The van der Waals surface area contributed by atoms with Gasteiger partial charge in [0.05, 0.1) is 11.0 Å². The Labute approximate surface area is 224 Å². The lowest BCUT2D eigenvalue weighted by Gasteiger charge is -2.11. The zero-order chi connectivity index (χ0) is 25.5. The number of hydrogen-bond acceptors (Lipinski definition) is 3. The fraction of sp³-hybridized carbons (Fsp3) is 0. The molecule has 0 radical (unpaired) electrons. The third kappa shape index (κ3) is 3.83. The first kappa shape index (κ1) is 22.4. The molecule has 0 spiro atoms. The van der Waals surface area contributed by atoms with E-state index in [1.165, 1.54) is 21.8 Å². The largest absolute Gasteiger partial charge is 0.309 e. The molecule has 5 heteroatoms. The first-order valence-electron chi connectivity index (χ1n) is 12.4. The Kier molecular flexibility index (Phi) is 5.46. The van der Waals surface area contributed by atoms with Gasteiger partial charge in [0, 0.05) is 27.6 Å². The number of hydrogen-bond donors (Lipinski definition) is 0. The average Bonchev–Trinajstić information content (AvgIpc) is 3.32. The zero-order valence-corrected chi connectivity index (χ0v) is 21.0. The summed E-state index contributed by atoms with van der Waals surface area (Å²) in [6, 6.07) is 43.6. The highest BCUT2D eigenvalue weighted by Gasteiger charge is 2.15. The predicted molar refractivity (Wildman–Crippen MR) is 155 cm³/mol. The van der Waals surface area contributed by atoms with Gasteiger partial charge in [0.2, 0.25) is 5.28 Å². The van der Waals surface area contributed by atoms with Crippen molar-refractivity contribution in [3.8, 4) is 39.6 Å². The highest BCUT2D eigenvalue weighted by molar-refractivity contribution is 6.28. The van der Waals surface area contributed by atoms with Gasteiger partial charge in [-0.3, -0.25) is 0 Å². The monoisotopic (exact) mass is 508 g/mol. The van der Waals surface area contributed by atoms with E-state index in [-0.39, 0.29) is 5.28 Å². The van der Waals surface area contributed by atoms with Crippen LogP contribution in [0.15, 0.2) is 127 Å². The van der Waals surface area contributed by atoms with Crippen molar-refractivity contribution >= 4 is 33.4 Å². The second-order valence-corrected chi connectivity index (χ2v) is 9.42. The minimum atomic E-state index is 0.166. The van der Waals surface area contributed by atoms with Crippen LogP contribution in [0.1, 0.15) is 0 Å². The summed E-state index contributed by atoms with van der Waals surface area (Å²) in [5, 5.41) is 2.63. The summed E-state index contributed by atoms with van der Waals surface area (Å²) in [4.78, 5) is 13.8. The molecule has 0 fully saturated rings. The molecule has 38 heavy (non-hydrogen) atoms. The first-order chi connectivity index (χ1) is 18.8. The third-order valence-corrected chi connectivity index (χ3v) is 6.99. The van der Waals surface area contributed by atoms with Crippen molar-refractivity contribution in [1.29, 1.82) is 0 Å². The van der Waals surface area contributed by atoms with E-state index in [1.54, 1.807) is 0 Å². The molecule has 0 saturated carbocycles. The number of halogens is 1. The van der Waals surface area contributed by atoms with E-state index >= 15 is 0 Å². The Morgan fingerprint density at radius 3 is 1.68 bits per heavy atom. The molecule has 0 atom stereocenters. The average molecular weight is 509 g/mol. The molecule has 0 unspecified atom stereocenters. The molecular weight excluding hydrogens is 488 g/mol. The van der Waals surface area contributed by atoms with Crippen LogP contribution in [0.5, 0.6) is 0 Å². The fourth-order valence-corrected chi connectivity index (χ4v) is 5.27. The summed E-state index contributed by atoms with van der Waals surface area (Å²) < 4.78 is 2.29. The Bertz CT molecular complexity index is 1870. The number of para-hydroxylation sites is 2. The van der Waals surface area contributed by atoms with Crippen LogP contribution in [0.2, 0.25) is 5.28 Å². The lowest BCUT2D eigenvalue weighted by atomic mass is 9.99. The number of fused-ring (bicyclic) bond motifs is 3. The van der Waals surface area contributed by atoms with Crippen LogP contribution < -0.4 is 0 Å². The van der Waals surface area contributed by atoms with Crippen LogP contribution in [0, 0.1) is 0 Å². The maximum absolute atomic E-state index is 6.43. The SMILES string of the molecule is Clc1nc(-c2ccc(-n3c4ccccc4c4ccccc43)cc2)nc(-c2ccccc2-c2ccccc2)n1. The highest BCUT2D eigenvalue weighted by atomic mass is 35.5. The predicted octanol–water partition coefficient (Wildman–Crippen LogP) is 8.62. The molecule has 0 saturated heterocycles. The van der Waals surface area contributed by atoms with Crippen LogP contribution >= 0.6 is 11.6 Å². The van der Waals surface area contributed by atoms with E-state index in [9.17, 15) is 0 Å². The summed E-state index contributed by atoms with van der Waals surface area (Å²) in [6.07, 6.45) is 0. The second kappa shape index (κ2) is 9.25. The van der Waals surface area contributed by atoms with E-state index in [4.69, 9.17) is 16.6 Å². The minimum Gasteiger partial charge on any atom is -0.309 e. The molecule has 7 rings (SSSR count). The fourth-order valence-electron chi connectivity index (χ4n) is 5.11. The molecule has 4 nitrogen and oxygen atoms in total. The van der Waals surface area contributed by atoms with Crippen molar-refractivity contribution in [2.45, 2.75) is 0 Å². The lowest BCUT2D eigenvalue weighted by Crippen LogP contribution is -1.99. The van der Waals surface area contributed by atoms with E-state index in [2.05, 4.69) is 93.4 Å². The number of rotatable bonds is 4. The molecule has 2 aromatic heterocycles. The zero-order valence-electron chi connectivity index (χ0n) is 20.3. The minimum absolute atomic E-state index is 0.166. The molecule has 0 aliphatic heterocycles. The molecular formula is C33H21ClN4. The van der Waals surface area contributed by atoms with Gasteiger partial charge in [-0.25, -0.2) is 4.98 Å². The van der Waals surface area contributed by atoms with Crippen molar-refractivity contribution < 1.29 is 0 Å². The van der Waals surface area contributed by atoms with E-state index < -0.39 is 0 Å². The summed E-state index contributed by atoms with van der Waals surface area (Å²) >= 11 is 6.43. The van der Waals surface area contributed by atoms with Gasteiger partial charge in [-0.05, 0) is 59.1 Å². The summed E-state index contributed by atoms with van der Waals surface area (Å²) in [5.74, 6) is 1.09. The van der Waals surface area contributed by atoms with E-state index in [0.717, 1.165) is 27.9 Å². The van der Waals surface area contributed by atoms with Gasteiger partial charge in [-0.1, -0.05) is 91.0 Å². The third-order valence-electron chi connectivity index (χ3n) is 6.82. The number of nitrogens with zero attached hydrogens (tertiary/aromatic N) is 4. The molecule has 7 aromatic rings. The smallest absolute Gasteiger partial charge is 0.226 e. The Morgan fingerprint density at radius 2 is 1.00 bits per heavy atom. The Hall–Kier alpha value is -4.80. The summed E-state index contributed by atoms with van der Waals surface area (Å²) in [7, 11) is 0. The molecule has 2 heterocycles. The molecule has 5 aromatic carbocycles. The van der Waals surface area contributed by atoms with Gasteiger partial charge in [0.25, 0.3) is 0 Å². The lowest BCUT2D eigenvalue weighted by molar-refractivity contribution is 1.06. The van der Waals surface area contributed by atoms with Crippen molar-refractivity contribution in [1.82, 2.24) is 19.5 Å². The normalized spacial score (nSPS) is 11.3. The van der Waals surface area contributed by atoms with Gasteiger partial charge in [-0.2, -0.15) is 9.97 Å². The van der Waals surface area contributed by atoms with Crippen molar-refractivity contribution in [2.24, 2.45) is 0 Å². The Morgan fingerprint density at radius 1 is 0.447 bits per heavy atom. The summed E-state index contributed by atoms with van der Waals surface area (Å²) in [5.41, 5.74) is 7.33. The van der Waals surface area contributed by atoms with Crippen LogP contribution in [-0.4, -0.2) is 19.5 Å². The van der Waals surface area contributed by atoms with Crippen molar-refractivity contribution in [2.75, 3.05) is 0 Å². The molecule has 0 amide bonds. The number of benzene rings is 5. The summed E-state index contributed by atoms with van der Waals surface area (Å²) in [6.45, 7) is 0. The van der Waals surface area contributed by atoms with Crippen LogP contribution in [0.4, 0.5) is 0 Å². The topological polar surface area (TPSA) is 43.6 Å². The van der Waals surface area contributed by atoms with Crippen LogP contribution in [0.3, 0.4) is 0 Å². The quantitative estimate of drug-likeness (QED) is 0.239. The molecule has 0 aliphatic rings. The molecule has 180 valence electrons. The number of aromatic nitrogens is 4. The van der Waals surface area contributed by atoms with Crippen molar-refractivity contribution in [3.05, 3.63) is 133 Å². The molecule has 0 aliphatic carbocycles. The van der Waals surface area contributed by atoms with Gasteiger partial charge in [0.1, 0.15) is 0 Å². The molecule has 0 N–H and O–H groups in total. The van der Waals surface area contributed by atoms with E-state index in [1.807, 2.05) is 48.5 Å². The van der Waals surface area contributed by atoms with Gasteiger partial charge in [-0.15, -0.1) is 0 Å². The molecule has 0 bridgehead atoms. The van der Waals surface area contributed by atoms with Gasteiger partial charge >= 0.3 is 0 Å². The second-order valence-electron chi connectivity index (χ2n) is 9.08. The van der Waals surface area contributed by atoms with Crippen LogP contribution in [-0.2, 0) is 0 Å². The van der Waals surface area contributed by atoms with Crippen LogP contribution in [0.25, 0.3) is 61.4 Å². The van der Waals surface area contributed by atoms with E-state index in [0.29, 0.717) is 11.6 Å². The maximum atomic E-state index is 6.43. The van der Waals surface area contributed by atoms with Gasteiger partial charge < -0.3 is 4.57 Å². The highest BCUT2D eigenvalue weighted by Crippen LogP contribution is 2.34. The first-order valence-corrected chi connectivity index (χ1v) is 12.8. The standard InChI is InChI=1S/C33H21ClN4/c34-33-36-31(35-32(37-33)28-15-5-4-12-25(28)22-10-2-1-3-11-22)23-18-20-24(21-19-23)38-29-16-8-6-13-26(29)27-14-7-9-17-30(27)38/h1-21H.